The third kappa shape index (κ3) is 6.71. The van der Waals surface area contributed by atoms with Crippen LogP contribution in [-0.2, 0) is 9.47 Å². The molecule has 13 heteroatoms. The second kappa shape index (κ2) is 10.9. The normalized spacial score (nSPS) is 17.7. The first kappa shape index (κ1) is 29.7. The van der Waals surface area contributed by atoms with E-state index in [9.17, 15) is 19.2 Å². The molecule has 1 saturated carbocycles. The van der Waals surface area contributed by atoms with Crippen LogP contribution in [0.25, 0.3) is 10.9 Å². The van der Waals surface area contributed by atoms with Gasteiger partial charge in [0.05, 0.1) is 21.6 Å². The summed E-state index contributed by atoms with van der Waals surface area (Å²) < 4.78 is 27.9. The smallest absolute Gasteiger partial charge is 0.427 e. The van der Waals surface area contributed by atoms with Gasteiger partial charge in [-0.3, -0.25) is 9.36 Å². The molecule has 1 aromatic carbocycles. The second-order valence-electron chi connectivity index (χ2n) is 12.4. The molecule has 0 spiro atoms. The average Bonchev–Trinajstić information content (AvgIpc) is 3.53. The van der Waals surface area contributed by atoms with E-state index in [4.69, 9.17) is 21.1 Å². The van der Waals surface area contributed by atoms with E-state index in [1.807, 2.05) is 0 Å². The lowest BCUT2D eigenvalue weighted by molar-refractivity contribution is 0.0524. The Kier molecular flexibility index (Phi) is 8.13. The molecular weight excluding hydrogens is 545 g/mol. The van der Waals surface area contributed by atoms with Gasteiger partial charge in [0.15, 0.2) is 0 Å². The SMILES string of the molecule is CC(C)(C)OC(=O)NCC[C@H]1CCN(c2c(F)cc3c(=O)n(NC(=O)OC(C)(C)C)c(=O)n(C4CC4)c3c2Cl)C1. The van der Waals surface area contributed by atoms with Crippen LogP contribution in [0.3, 0.4) is 0 Å². The van der Waals surface area contributed by atoms with Crippen molar-refractivity contribution in [1.82, 2.24) is 14.6 Å². The zero-order valence-electron chi connectivity index (χ0n) is 23.7. The molecule has 2 heterocycles. The summed E-state index contributed by atoms with van der Waals surface area (Å²) in [6, 6.07) is 0.838. The molecular formula is C27H37ClFN5O6. The summed E-state index contributed by atoms with van der Waals surface area (Å²) >= 11 is 6.77. The molecule has 2 aromatic rings. The summed E-state index contributed by atoms with van der Waals surface area (Å²) in [5.41, 5.74) is -0.653. The molecule has 2 fully saturated rings. The Morgan fingerprint density at radius 2 is 1.68 bits per heavy atom. The van der Waals surface area contributed by atoms with Gasteiger partial charge in [0, 0.05) is 25.7 Å². The number of aromatic nitrogens is 2. The minimum Gasteiger partial charge on any atom is -0.444 e. The highest BCUT2D eigenvalue weighted by molar-refractivity contribution is 6.38. The zero-order chi connectivity index (χ0) is 29.6. The number of nitrogens with one attached hydrogen (secondary N) is 2. The maximum absolute atomic E-state index is 15.6. The van der Waals surface area contributed by atoms with Crippen molar-refractivity contribution >= 4 is 40.4 Å². The summed E-state index contributed by atoms with van der Waals surface area (Å²) in [6.07, 6.45) is 1.30. The van der Waals surface area contributed by atoms with Crippen molar-refractivity contribution in [2.24, 2.45) is 5.92 Å². The number of ether oxygens (including phenoxy) is 2. The van der Waals surface area contributed by atoms with E-state index < -0.39 is 40.5 Å². The number of rotatable bonds is 6. The summed E-state index contributed by atoms with van der Waals surface area (Å²) in [5, 5.41) is 2.60. The first-order valence-corrected chi connectivity index (χ1v) is 13.8. The number of alkyl carbamates (subject to hydrolysis) is 1. The standard InChI is InChI=1S/C27H37ClFN5O6/c1-26(2,3)39-23(36)30-11-9-15-10-12-32(14-15)21-18(29)13-17-20(19(21)28)33(16-7-8-16)25(38)34(22(17)35)31-24(37)40-27(4,5)6/h13,15-16H,7-12,14H2,1-6H3,(H,30,36)(H,31,37)/t15-/m0/s1. The van der Waals surface area contributed by atoms with Crippen LogP contribution in [0.5, 0.6) is 0 Å². The summed E-state index contributed by atoms with van der Waals surface area (Å²) in [4.78, 5) is 52.8. The number of halogens is 2. The van der Waals surface area contributed by atoms with E-state index in [2.05, 4.69) is 10.7 Å². The fourth-order valence-electron chi connectivity index (χ4n) is 4.82. The molecule has 2 aliphatic rings. The molecule has 2 N–H and O–H groups in total. The Morgan fingerprint density at radius 3 is 2.27 bits per heavy atom. The first-order valence-electron chi connectivity index (χ1n) is 13.5. The van der Waals surface area contributed by atoms with E-state index in [1.165, 1.54) is 4.57 Å². The Labute approximate surface area is 236 Å². The first-order chi connectivity index (χ1) is 18.6. The highest BCUT2D eigenvalue weighted by Gasteiger charge is 2.34. The lowest BCUT2D eigenvalue weighted by Crippen LogP contribution is -2.48. The molecule has 0 unspecified atom stereocenters. The number of benzene rings is 1. The zero-order valence-corrected chi connectivity index (χ0v) is 24.5. The molecule has 40 heavy (non-hydrogen) atoms. The molecule has 1 aromatic heterocycles. The molecule has 1 aliphatic carbocycles. The number of nitrogens with zero attached hydrogens (tertiary/aromatic N) is 3. The summed E-state index contributed by atoms with van der Waals surface area (Å²) in [6.45, 7) is 11.7. The number of carbonyl (C=O) groups is 2. The van der Waals surface area contributed by atoms with Crippen molar-refractivity contribution in [3.05, 3.63) is 37.7 Å². The van der Waals surface area contributed by atoms with E-state index in [-0.39, 0.29) is 33.6 Å². The van der Waals surface area contributed by atoms with Gasteiger partial charge < -0.3 is 19.7 Å². The molecule has 1 saturated heterocycles. The van der Waals surface area contributed by atoms with Gasteiger partial charge in [0.2, 0.25) is 0 Å². The Morgan fingerprint density at radius 1 is 1.05 bits per heavy atom. The van der Waals surface area contributed by atoms with Crippen molar-refractivity contribution in [3.8, 4) is 0 Å². The molecule has 1 aliphatic heterocycles. The quantitative estimate of drug-likeness (QED) is 0.514. The third-order valence-corrected chi connectivity index (χ3v) is 6.93. The number of anilines is 1. The third-order valence-electron chi connectivity index (χ3n) is 6.58. The number of hydrogen-bond donors (Lipinski definition) is 2. The van der Waals surface area contributed by atoms with Gasteiger partial charge in [-0.2, -0.15) is 4.68 Å². The summed E-state index contributed by atoms with van der Waals surface area (Å²) in [5.74, 6) is -0.537. The van der Waals surface area contributed by atoms with E-state index in [0.29, 0.717) is 43.6 Å². The summed E-state index contributed by atoms with van der Waals surface area (Å²) in [7, 11) is 0. The van der Waals surface area contributed by atoms with Crippen molar-refractivity contribution in [3.63, 3.8) is 0 Å². The number of hydrogen-bond acceptors (Lipinski definition) is 7. The Balaban J connectivity index is 1.61. The molecule has 220 valence electrons. The maximum atomic E-state index is 15.6. The van der Waals surface area contributed by atoms with Crippen molar-refractivity contribution in [2.45, 2.75) is 84.5 Å². The lowest BCUT2D eigenvalue weighted by Gasteiger charge is -2.24. The Bertz CT molecular complexity index is 1440. The van der Waals surface area contributed by atoms with E-state index in [0.717, 1.165) is 12.5 Å². The number of carbonyl (C=O) groups excluding carboxylic acids is 2. The van der Waals surface area contributed by atoms with Crippen LogP contribution in [-0.4, -0.2) is 52.3 Å². The van der Waals surface area contributed by atoms with Gasteiger partial charge >= 0.3 is 17.9 Å². The minimum atomic E-state index is -0.985. The Hall–Kier alpha value is -3.28. The van der Waals surface area contributed by atoms with Crippen LogP contribution in [0.1, 0.15) is 73.3 Å². The average molecular weight is 582 g/mol. The molecule has 11 nitrogen and oxygen atoms in total. The monoisotopic (exact) mass is 581 g/mol. The van der Waals surface area contributed by atoms with Crippen LogP contribution in [0.4, 0.5) is 19.7 Å². The van der Waals surface area contributed by atoms with Gasteiger partial charge in [-0.1, -0.05) is 11.6 Å². The van der Waals surface area contributed by atoms with Crippen LogP contribution < -0.4 is 26.9 Å². The largest absolute Gasteiger partial charge is 0.444 e. The van der Waals surface area contributed by atoms with Crippen LogP contribution in [0, 0.1) is 11.7 Å². The van der Waals surface area contributed by atoms with Gasteiger partial charge in [0.1, 0.15) is 17.0 Å². The van der Waals surface area contributed by atoms with Gasteiger partial charge in [-0.25, -0.2) is 24.2 Å². The topological polar surface area (TPSA) is 124 Å². The highest BCUT2D eigenvalue weighted by atomic mass is 35.5. The highest BCUT2D eigenvalue weighted by Crippen LogP contribution is 2.42. The van der Waals surface area contributed by atoms with Crippen molar-refractivity contribution in [2.75, 3.05) is 30.0 Å². The van der Waals surface area contributed by atoms with Crippen molar-refractivity contribution in [1.29, 1.82) is 0 Å². The van der Waals surface area contributed by atoms with Crippen LogP contribution in [0.15, 0.2) is 15.7 Å². The van der Waals surface area contributed by atoms with Gasteiger partial charge in [-0.15, -0.1) is 0 Å². The minimum absolute atomic E-state index is 0.0203. The molecule has 1 atom stereocenters. The molecule has 0 bridgehead atoms. The predicted octanol–water partition coefficient (Wildman–Crippen LogP) is 4.51. The van der Waals surface area contributed by atoms with Gasteiger partial charge in [-0.05, 0) is 79.2 Å². The van der Waals surface area contributed by atoms with E-state index in [1.54, 1.807) is 46.4 Å². The van der Waals surface area contributed by atoms with Crippen LogP contribution in [0.2, 0.25) is 5.02 Å². The second-order valence-corrected chi connectivity index (χ2v) is 12.8. The molecule has 2 amide bonds. The molecule has 0 radical (unpaired) electrons. The van der Waals surface area contributed by atoms with Gasteiger partial charge in [0.25, 0.3) is 5.56 Å². The molecule has 4 rings (SSSR count). The maximum Gasteiger partial charge on any atom is 0.427 e. The van der Waals surface area contributed by atoms with Crippen molar-refractivity contribution < 1.29 is 23.5 Å². The number of amides is 2. The van der Waals surface area contributed by atoms with Crippen LogP contribution >= 0.6 is 11.6 Å². The number of fused-ring (bicyclic) bond motifs is 1. The fourth-order valence-corrected chi connectivity index (χ4v) is 5.23. The lowest BCUT2D eigenvalue weighted by atomic mass is 10.1. The van der Waals surface area contributed by atoms with E-state index >= 15 is 4.39 Å². The fraction of sp³-hybridized carbons (Fsp3) is 0.630. The predicted molar refractivity (Wildman–Crippen MR) is 150 cm³/mol.